The first kappa shape index (κ1) is 16.9. The maximum Gasteiger partial charge on any atom is 0.331 e. The summed E-state index contributed by atoms with van der Waals surface area (Å²) in [6.07, 6.45) is 0. The van der Waals surface area contributed by atoms with Crippen LogP contribution in [0.3, 0.4) is 0 Å². The molecule has 1 N–H and O–H groups in total. The highest BCUT2D eigenvalue weighted by molar-refractivity contribution is 5.83. The van der Waals surface area contributed by atoms with Crippen LogP contribution < -0.4 is 5.32 Å². The predicted octanol–water partition coefficient (Wildman–Crippen LogP) is 1.65. The zero-order valence-corrected chi connectivity index (χ0v) is 12.4. The molecule has 0 aromatic heterocycles. The van der Waals surface area contributed by atoms with Gasteiger partial charge in [0.25, 0.3) is 0 Å². The topological polar surface area (TPSA) is 64.6 Å². The monoisotopic (exact) mass is 259 g/mol. The van der Waals surface area contributed by atoms with E-state index in [9.17, 15) is 9.59 Å². The second kappa shape index (κ2) is 6.18. The van der Waals surface area contributed by atoms with E-state index in [-0.39, 0.29) is 18.1 Å². The third-order valence-corrected chi connectivity index (χ3v) is 1.75. The van der Waals surface area contributed by atoms with Crippen LogP contribution in [0.2, 0.25) is 0 Å². The highest BCUT2D eigenvalue weighted by Crippen LogP contribution is 2.11. The summed E-state index contributed by atoms with van der Waals surface area (Å²) in [4.78, 5) is 23.0. The van der Waals surface area contributed by atoms with Crippen molar-refractivity contribution in [3.05, 3.63) is 0 Å². The van der Waals surface area contributed by atoms with Crippen LogP contribution in [0.5, 0.6) is 0 Å². The van der Waals surface area contributed by atoms with Crippen molar-refractivity contribution >= 4 is 11.9 Å². The highest BCUT2D eigenvalue weighted by Gasteiger charge is 2.27. The van der Waals surface area contributed by atoms with E-state index in [0.29, 0.717) is 0 Å². The summed E-state index contributed by atoms with van der Waals surface area (Å²) < 4.78 is 10.7. The number of amides is 1. The van der Waals surface area contributed by atoms with Crippen molar-refractivity contribution in [2.75, 3.05) is 6.61 Å². The van der Waals surface area contributed by atoms with E-state index in [4.69, 9.17) is 9.47 Å². The van der Waals surface area contributed by atoms with E-state index in [1.807, 2.05) is 20.8 Å². The molecule has 1 amide bonds. The Labute approximate surface area is 109 Å². The molecule has 1 atom stereocenters. The summed E-state index contributed by atoms with van der Waals surface area (Å²) in [7, 11) is 0. The van der Waals surface area contributed by atoms with Gasteiger partial charge in [0.05, 0.1) is 12.2 Å². The molecule has 106 valence electrons. The van der Waals surface area contributed by atoms with Crippen molar-refractivity contribution in [1.29, 1.82) is 0 Å². The van der Waals surface area contributed by atoms with E-state index in [1.54, 1.807) is 20.8 Å². The first-order chi connectivity index (χ1) is 7.91. The third-order valence-electron chi connectivity index (χ3n) is 1.75. The summed E-state index contributed by atoms with van der Waals surface area (Å²) >= 11 is 0. The van der Waals surface area contributed by atoms with Gasteiger partial charge in [-0.25, -0.2) is 4.79 Å². The van der Waals surface area contributed by atoms with Gasteiger partial charge in [-0.15, -0.1) is 0 Å². The maximum atomic E-state index is 11.9. The van der Waals surface area contributed by atoms with Crippen molar-refractivity contribution in [2.45, 2.75) is 65.7 Å². The minimum atomic E-state index is -0.777. The molecule has 0 rings (SSSR count). The first-order valence-corrected chi connectivity index (χ1v) is 6.04. The number of ether oxygens (including phenoxy) is 2. The summed E-state index contributed by atoms with van der Waals surface area (Å²) in [5.74, 6) is -0.773. The molecule has 0 heterocycles. The van der Waals surface area contributed by atoms with Gasteiger partial charge in [0.15, 0.2) is 6.04 Å². The Morgan fingerprint density at radius 1 is 1.06 bits per heavy atom. The van der Waals surface area contributed by atoms with E-state index in [1.165, 1.54) is 6.92 Å². The molecule has 0 radical (unpaired) electrons. The average molecular weight is 259 g/mol. The quantitative estimate of drug-likeness (QED) is 0.780. The third kappa shape index (κ3) is 8.98. The number of esters is 1. The molecule has 18 heavy (non-hydrogen) atoms. The van der Waals surface area contributed by atoms with Crippen molar-refractivity contribution in [1.82, 2.24) is 5.32 Å². The fraction of sp³-hybridized carbons (Fsp3) is 0.846. The van der Waals surface area contributed by atoms with Crippen LogP contribution in [0.15, 0.2) is 0 Å². The van der Waals surface area contributed by atoms with E-state index < -0.39 is 17.6 Å². The van der Waals surface area contributed by atoms with E-state index in [2.05, 4.69) is 5.32 Å². The number of rotatable bonds is 4. The van der Waals surface area contributed by atoms with Crippen LogP contribution in [0.4, 0.5) is 0 Å². The number of hydrogen-bond acceptors (Lipinski definition) is 4. The molecule has 0 spiro atoms. The largest absolute Gasteiger partial charge is 0.458 e. The van der Waals surface area contributed by atoms with Crippen LogP contribution in [0, 0.1) is 0 Å². The van der Waals surface area contributed by atoms with Crippen LogP contribution >= 0.6 is 0 Å². The lowest BCUT2D eigenvalue weighted by Crippen LogP contribution is -2.47. The number of carbonyl (C=O) groups excluding carboxylic acids is 2. The van der Waals surface area contributed by atoms with E-state index >= 15 is 0 Å². The minimum Gasteiger partial charge on any atom is -0.458 e. The number of carbonyl (C=O) groups is 2. The Morgan fingerprint density at radius 3 is 1.89 bits per heavy atom. The maximum absolute atomic E-state index is 11.9. The van der Waals surface area contributed by atoms with Gasteiger partial charge in [-0.05, 0) is 41.5 Å². The van der Waals surface area contributed by atoms with Crippen LogP contribution in [-0.2, 0) is 19.1 Å². The average Bonchev–Trinajstić information content (AvgIpc) is 2.06. The molecule has 0 saturated heterocycles. The van der Waals surface area contributed by atoms with Gasteiger partial charge in [-0.2, -0.15) is 0 Å². The molecule has 0 unspecified atom stereocenters. The lowest BCUT2D eigenvalue weighted by atomic mass is 10.1. The summed E-state index contributed by atoms with van der Waals surface area (Å²) in [6.45, 7) is 12.4. The SMILES string of the molecule is CC(=O)N[C@H](COC(C)(C)C)C(=O)OC(C)(C)C. The van der Waals surface area contributed by atoms with Crippen molar-refractivity contribution in [3.8, 4) is 0 Å². The number of hydrogen-bond donors (Lipinski definition) is 1. The van der Waals surface area contributed by atoms with Crippen molar-refractivity contribution in [2.24, 2.45) is 0 Å². The zero-order valence-electron chi connectivity index (χ0n) is 12.4. The van der Waals surface area contributed by atoms with Gasteiger partial charge >= 0.3 is 5.97 Å². The molecule has 0 aromatic rings. The fourth-order valence-corrected chi connectivity index (χ4v) is 1.12. The Kier molecular flexibility index (Phi) is 5.80. The molecule has 0 aromatic carbocycles. The van der Waals surface area contributed by atoms with Gasteiger partial charge < -0.3 is 14.8 Å². The molecule has 0 saturated carbocycles. The van der Waals surface area contributed by atoms with Crippen LogP contribution in [-0.4, -0.2) is 35.7 Å². The molecule has 0 bridgehead atoms. The molecule has 0 fully saturated rings. The Bertz CT molecular complexity index is 299. The number of nitrogens with one attached hydrogen (secondary N) is 1. The Balaban J connectivity index is 4.57. The standard InChI is InChI=1S/C13H25NO4/c1-9(15)14-10(8-17-12(2,3)4)11(16)18-13(5,6)7/h10H,8H2,1-7H3,(H,14,15)/t10-/m1/s1. The lowest BCUT2D eigenvalue weighted by molar-refractivity contribution is -0.161. The van der Waals surface area contributed by atoms with Gasteiger partial charge in [0, 0.05) is 6.92 Å². The molecule has 5 heteroatoms. The summed E-state index contributed by atoms with van der Waals surface area (Å²) in [5, 5.41) is 2.54. The van der Waals surface area contributed by atoms with Crippen molar-refractivity contribution < 1.29 is 19.1 Å². The van der Waals surface area contributed by atoms with Gasteiger partial charge in [-0.1, -0.05) is 0 Å². The van der Waals surface area contributed by atoms with Crippen LogP contribution in [0.25, 0.3) is 0 Å². The van der Waals surface area contributed by atoms with E-state index in [0.717, 1.165) is 0 Å². The second-order valence-electron chi connectivity index (χ2n) is 6.21. The fourth-order valence-electron chi connectivity index (χ4n) is 1.12. The molecular formula is C13H25NO4. The molecule has 0 aliphatic rings. The highest BCUT2D eigenvalue weighted by atomic mass is 16.6. The van der Waals surface area contributed by atoms with Gasteiger partial charge in [0.2, 0.25) is 5.91 Å². The van der Waals surface area contributed by atoms with Crippen LogP contribution in [0.1, 0.15) is 48.5 Å². The molecular weight excluding hydrogens is 234 g/mol. The van der Waals surface area contributed by atoms with Gasteiger partial charge in [0.1, 0.15) is 5.60 Å². The Morgan fingerprint density at radius 2 is 1.56 bits per heavy atom. The zero-order chi connectivity index (χ0) is 14.6. The van der Waals surface area contributed by atoms with Gasteiger partial charge in [-0.3, -0.25) is 4.79 Å². The molecule has 5 nitrogen and oxygen atoms in total. The predicted molar refractivity (Wildman–Crippen MR) is 69.2 cm³/mol. The minimum absolute atomic E-state index is 0.0952. The normalized spacial score (nSPS) is 13.9. The summed E-state index contributed by atoms with van der Waals surface area (Å²) in [5.41, 5.74) is -0.964. The summed E-state index contributed by atoms with van der Waals surface area (Å²) in [6, 6.07) is -0.777. The lowest BCUT2D eigenvalue weighted by Gasteiger charge is -2.27. The second-order valence-corrected chi connectivity index (χ2v) is 6.21. The smallest absolute Gasteiger partial charge is 0.331 e. The van der Waals surface area contributed by atoms with Crippen molar-refractivity contribution in [3.63, 3.8) is 0 Å². The molecule has 0 aliphatic carbocycles. The molecule has 0 aliphatic heterocycles. The Hall–Kier alpha value is -1.10. The first-order valence-electron chi connectivity index (χ1n) is 6.04.